The number of rotatable bonds is 41. The highest BCUT2D eigenvalue weighted by Gasteiger charge is 2.19. The monoisotopic (exact) mass is 765 g/mol. The zero-order valence-electron chi connectivity index (χ0n) is 37.0. The fourth-order valence-corrected chi connectivity index (χ4v) is 7.06. The summed E-state index contributed by atoms with van der Waals surface area (Å²) in [6.07, 6.45) is 36.7. The number of carbonyl (C=O) groups excluding carboxylic acids is 3. The first-order valence-electron chi connectivity index (χ1n) is 23.6. The molecule has 0 unspecified atom stereocenters. The van der Waals surface area contributed by atoms with Crippen LogP contribution >= 0.6 is 0 Å². The summed E-state index contributed by atoms with van der Waals surface area (Å²) in [4.78, 5) is 37.7. The topological polar surface area (TPSA) is 78.9 Å². The molecule has 0 saturated carbocycles. The van der Waals surface area contributed by atoms with Crippen molar-refractivity contribution in [2.45, 2.75) is 260 Å². The third-order valence-electron chi connectivity index (χ3n) is 10.6. The molecule has 0 aliphatic rings. The van der Waals surface area contributed by atoms with Gasteiger partial charge in [0, 0.05) is 19.3 Å². The van der Waals surface area contributed by atoms with Gasteiger partial charge in [-0.1, -0.05) is 215 Å². The third-order valence-corrected chi connectivity index (χ3v) is 10.6. The molecule has 0 aromatic heterocycles. The fraction of sp³-hybridized carbons (Fsp3) is 0.938. The maximum atomic E-state index is 12.7. The summed E-state index contributed by atoms with van der Waals surface area (Å²) in [7, 11) is 0. The normalized spacial score (nSPS) is 12.2. The second kappa shape index (κ2) is 39.6. The van der Waals surface area contributed by atoms with Gasteiger partial charge in [0.05, 0.1) is 0 Å². The largest absolute Gasteiger partial charge is 0.462 e. The molecule has 0 amide bonds. The summed E-state index contributed by atoms with van der Waals surface area (Å²) in [5, 5.41) is 0. The maximum absolute atomic E-state index is 12.7. The molecule has 1 atom stereocenters. The zero-order chi connectivity index (χ0) is 39.9. The predicted molar refractivity (Wildman–Crippen MR) is 229 cm³/mol. The minimum atomic E-state index is -0.762. The molecule has 0 bridgehead atoms. The van der Waals surface area contributed by atoms with Gasteiger partial charge in [0.25, 0.3) is 0 Å². The average Bonchev–Trinajstić information content (AvgIpc) is 3.12. The predicted octanol–water partition coefficient (Wildman–Crippen LogP) is 14.8. The molecule has 0 saturated heterocycles. The highest BCUT2D eigenvalue weighted by atomic mass is 16.6. The number of ether oxygens (including phenoxy) is 3. The molecule has 0 N–H and O–H groups in total. The fourth-order valence-electron chi connectivity index (χ4n) is 7.06. The molecule has 54 heavy (non-hydrogen) atoms. The van der Waals surface area contributed by atoms with E-state index in [1.165, 1.54) is 135 Å². The van der Waals surface area contributed by atoms with Gasteiger partial charge in [-0.3, -0.25) is 14.4 Å². The van der Waals surface area contributed by atoms with Crippen LogP contribution in [0.25, 0.3) is 0 Å². The van der Waals surface area contributed by atoms with E-state index in [1.807, 2.05) is 0 Å². The van der Waals surface area contributed by atoms with Crippen LogP contribution in [0.3, 0.4) is 0 Å². The number of hydrogen-bond acceptors (Lipinski definition) is 6. The van der Waals surface area contributed by atoms with Crippen molar-refractivity contribution >= 4 is 17.9 Å². The van der Waals surface area contributed by atoms with Crippen LogP contribution in [0.15, 0.2) is 0 Å². The lowest BCUT2D eigenvalue weighted by atomic mass is 10.0. The Hall–Kier alpha value is -1.59. The molecule has 0 aliphatic carbocycles. The van der Waals surface area contributed by atoms with Crippen LogP contribution in [-0.2, 0) is 28.6 Å². The zero-order valence-corrected chi connectivity index (χ0v) is 37.0. The van der Waals surface area contributed by atoms with Gasteiger partial charge >= 0.3 is 17.9 Å². The molecule has 6 nitrogen and oxygen atoms in total. The molecule has 0 aliphatic heterocycles. The van der Waals surface area contributed by atoms with Crippen LogP contribution in [0, 0.1) is 17.8 Å². The van der Waals surface area contributed by atoms with Crippen molar-refractivity contribution < 1.29 is 28.6 Å². The summed E-state index contributed by atoms with van der Waals surface area (Å²) in [6, 6.07) is 0. The van der Waals surface area contributed by atoms with Gasteiger partial charge < -0.3 is 14.2 Å². The molecule has 0 fully saturated rings. The van der Waals surface area contributed by atoms with Crippen molar-refractivity contribution in [2.75, 3.05) is 13.2 Å². The van der Waals surface area contributed by atoms with Gasteiger partial charge in [-0.2, -0.15) is 0 Å². The van der Waals surface area contributed by atoms with E-state index in [1.54, 1.807) is 0 Å². The molecular weight excluding hydrogens is 673 g/mol. The number of hydrogen-bond donors (Lipinski definition) is 0. The van der Waals surface area contributed by atoms with E-state index < -0.39 is 6.10 Å². The minimum absolute atomic E-state index is 0.0663. The molecule has 0 aromatic rings. The van der Waals surface area contributed by atoms with Gasteiger partial charge in [-0.15, -0.1) is 0 Å². The smallest absolute Gasteiger partial charge is 0.306 e. The Bertz CT molecular complexity index is 837. The van der Waals surface area contributed by atoms with E-state index in [0.29, 0.717) is 19.3 Å². The van der Waals surface area contributed by atoms with Crippen molar-refractivity contribution in [1.82, 2.24) is 0 Å². The highest BCUT2D eigenvalue weighted by molar-refractivity contribution is 5.71. The molecule has 0 heterocycles. The Kier molecular flexibility index (Phi) is 38.5. The van der Waals surface area contributed by atoms with E-state index >= 15 is 0 Å². The summed E-state index contributed by atoms with van der Waals surface area (Å²) in [5.41, 5.74) is 0. The van der Waals surface area contributed by atoms with Crippen LogP contribution < -0.4 is 0 Å². The van der Waals surface area contributed by atoms with Gasteiger partial charge in [0.2, 0.25) is 0 Å². The summed E-state index contributed by atoms with van der Waals surface area (Å²) in [5.74, 6) is 1.54. The molecular formula is C48H92O6. The standard InChI is InChI=1S/C48H92O6/c1-42(2)34-28-22-16-12-8-7-9-15-19-27-33-39-48(51)54-45(41-53-47(50)38-32-26-21-20-24-30-36-44(5)6)40-52-46(49)37-31-25-18-14-11-10-13-17-23-29-35-43(3)4/h42-45H,7-41H2,1-6H3/t45-/m0/s1. The van der Waals surface area contributed by atoms with Crippen LogP contribution in [0.5, 0.6) is 0 Å². The number of esters is 3. The molecule has 0 rings (SSSR count). The van der Waals surface area contributed by atoms with Crippen molar-refractivity contribution in [3.63, 3.8) is 0 Å². The first-order valence-corrected chi connectivity index (χ1v) is 23.6. The average molecular weight is 765 g/mol. The van der Waals surface area contributed by atoms with Crippen molar-refractivity contribution in [3.8, 4) is 0 Å². The first-order chi connectivity index (χ1) is 26.1. The summed E-state index contributed by atoms with van der Waals surface area (Å²) < 4.78 is 16.7. The Morgan fingerprint density at radius 2 is 0.537 bits per heavy atom. The van der Waals surface area contributed by atoms with Crippen LogP contribution in [-0.4, -0.2) is 37.2 Å². The number of unbranched alkanes of at least 4 members (excludes halogenated alkanes) is 24. The van der Waals surface area contributed by atoms with Crippen molar-refractivity contribution in [1.29, 1.82) is 0 Å². The quantitative estimate of drug-likeness (QED) is 0.0350. The molecule has 0 aromatic carbocycles. The lowest BCUT2D eigenvalue weighted by Crippen LogP contribution is -2.30. The highest BCUT2D eigenvalue weighted by Crippen LogP contribution is 2.17. The second-order valence-electron chi connectivity index (χ2n) is 17.8. The number of carbonyl (C=O) groups is 3. The van der Waals surface area contributed by atoms with Gasteiger partial charge in [0.1, 0.15) is 13.2 Å². The van der Waals surface area contributed by atoms with E-state index in [2.05, 4.69) is 41.5 Å². The Morgan fingerprint density at radius 1 is 0.315 bits per heavy atom. The van der Waals surface area contributed by atoms with Gasteiger partial charge in [-0.05, 0) is 37.0 Å². The van der Waals surface area contributed by atoms with Crippen molar-refractivity contribution in [2.24, 2.45) is 17.8 Å². The Labute approximate surface area is 336 Å². The molecule has 6 heteroatoms. The van der Waals surface area contributed by atoms with Gasteiger partial charge in [0.15, 0.2) is 6.10 Å². The minimum Gasteiger partial charge on any atom is -0.462 e. The lowest BCUT2D eigenvalue weighted by molar-refractivity contribution is -0.167. The molecule has 0 radical (unpaired) electrons. The van der Waals surface area contributed by atoms with Gasteiger partial charge in [-0.25, -0.2) is 0 Å². The van der Waals surface area contributed by atoms with E-state index in [-0.39, 0.29) is 31.1 Å². The summed E-state index contributed by atoms with van der Waals surface area (Å²) >= 11 is 0. The van der Waals surface area contributed by atoms with Crippen LogP contribution in [0.1, 0.15) is 253 Å². The van der Waals surface area contributed by atoms with Crippen LogP contribution in [0.4, 0.5) is 0 Å². The first kappa shape index (κ1) is 52.4. The van der Waals surface area contributed by atoms with E-state index in [9.17, 15) is 14.4 Å². The second-order valence-corrected chi connectivity index (χ2v) is 17.8. The van der Waals surface area contributed by atoms with Crippen LogP contribution in [0.2, 0.25) is 0 Å². The lowest BCUT2D eigenvalue weighted by Gasteiger charge is -2.18. The summed E-state index contributed by atoms with van der Waals surface area (Å²) in [6.45, 7) is 13.6. The maximum Gasteiger partial charge on any atom is 0.306 e. The Morgan fingerprint density at radius 3 is 0.796 bits per heavy atom. The third kappa shape index (κ3) is 41.6. The van der Waals surface area contributed by atoms with E-state index in [0.717, 1.165) is 75.5 Å². The molecule has 320 valence electrons. The van der Waals surface area contributed by atoms with E-state index in [4.69, 9.17) is 14.2 Å². The molecule has 0 spiro atoms. The Balaban J connectivity index is 4.32. The van der Waals surface area contributed by atoms with Crippen molar-refractivity contribution in [3.05, 3.63) is 0 Å². The SMILES string of the molecule is CC(C)CCCCCCCCCCCCCC(=O)O[C@@H](COC(=O)CCCCCCCCCCCCC(C)C)COC(=O)CCCCCCCCC(C)C.